The highest BCUT2D eigenvalue weighted by Gasteiger charge is 2.06. The number of nitrogens with zero attached hydrogens (tertiary/aromatic N) is 1. The minimum absolute atomic E-state index is 0.717. The average molecular weight is 276 g/mol. The second-order valence-electron chi connectivity index (χ2n) is 4.40. The molecule has 0 unspecified atom stereocenters. The quantitative estimate of drug-likeness (QED) is 0.789. The van der Waals surface area contributed by atoms with Gasteiger partial charge in [-0.2, -0.15) is 11.8 Å². The highest BCUT2D eigenvalue weighted by atomic mass is 32.2. The van der Waals surface area contributed by atoms with Crippen LogP contribution in [0.5, 0.6) is 0 Å². The van der Waals surface area contributed by atoms with Crippen molar-refractivity contribution in [1.29, 1.82) is 0 Å². The molecule has 1 heterocycles. The molecule has 19 heavy (non-hydrogen) atoms. The molecule has 0 aliphatic carbocycles. The normalized spacial score (nSPS) is 10.6. The SMILES string of the molecule is CN(Cc1ccc(CSCCN)o1)c1ccccc1. The van der Waals surface area contributed by atoms with Gasteiger partial charge in [0.05, 0.1) is 12.3 Å². The van der Waals surface area contributed by atoms with E-state index in [1.807, 2.05) is 18.2 Å². The maximum atomic E-state index is 5.82. The van der Waals surface area contributed by atoms with Crippen LogP contribution in [0.25, 0.3) is 0 Å². The van der Waals surface area contributed by atoms with Crippen LogP contribution in [0.4, 0.5) is 5.69 Å². The smallest absolute Gasteiger partial charge is 0.123 e. The standard InChI is InChI=1S/C15H20N2OS/c1-17(13-5-3-2-4-6-13)11-14-7-8-15(18-14)12-19-10-9-16/h2-8H,9-12,16H2,1H3. The molecule has 1 aromatic carbocycles. The third-order valence-electron chi connectivity index (χ3n) is 2.81. The summed E-state index contributed by atoms with van der Waals surface area (Å²) >= 11 is 1.80. The molecular formula is C15H20N2OS. The predicted octanol–water partition coefficient (Wildman–Crippen LogP) is 3.11. The molecule has 2 rings (SSSR count). The Morgan fingerprint density at radius 1 is 1.11 bits per heavy atom. The molecule has 0 saturated heterocycles. The van der Waals surface area contributed by atoms with Crippen LogP contribution in [-0.2, 0) is 12.3 Å². The second-order valence-corrected chi connectivity index (χ2v) is 5.51. The van der Waals surface area contributed by atoms with Crippen LogP contribution in [0, 0.1) is 0 Å². The van der Waals surface area contributed by atoms with E-state index in [0.717, 1.165) is 36.1 Å². The fourth-order valence-corrected chi connectivity index (χ4v) is 2.52. The Bertz CT molecular complexity index is 484. The first-order chi connectivity index (χ1) is 9.29. The molecule has 4 heteroatoms. The first kappa shape index (κ1) is 14.0. The van der Waals surface area contributed by atoms with Gasteiger partial charge in [-0.15, -0.1) is 0 Å². The van der Waals surface area contributed by atoms with Crippen molar-refractivity contribution in [2.75, 3.05) is 24.2 Å². The zero-order valence-electron chi connectivity index (χ0n) is 11.2. The van der Waals surface area contributed by atoms with Gasteiger partial charge in [0.15, 0.2) is 0 Å². The van der Waals surface area contributed by atoms with E-state index in [9.17, 15) is 0 Å². The van der Waals surface area contributed by atoms with Gasteiger partial charge in [-0.05, 0) is 24.3 Å². The summed E-state index contributed by atoms with van der Waals surface area (Å²) in [6, 6.07) is 14.4. The van der Waals surface area contributed by atoms with Crippen molar-refractivity contribution in [3.8, 4) is 0 Å². The highest BCUT2D eigenvalue weighted by molar-refractivity contribution is 7.98. The summed E-state index contributed by atoms with van der Waals surface area (Å²) in [7, 11) is 2.07. The molecule has 0 bridgehead atoms. The number of nitrogens with two attached hydrogens (primary N) is 1. The number of furan rings is 1. The van der Waals surface area contributed by atoms with Crippen LogP contribution in [-0.4, -0.2) is 19.3 Å². The van der Waals surface area contributed by atoms with E-state index in [4.69, 9.17) is 10.2 Å². The Balaban J connectivity index is 1.89. The van der Waals surface area contributed by atoms with E-state index in [-0.39, 0.29) is 0 Å². The number of hydrogen-bond acceptors (Lipinski definition) is 4. The van der Waals surface area contributed by atoms with Crippen molar-refractivity contribution in [3.05, 3.63) is 54.0 Å². The third-order valence-corrected chi connectivity index (χ3v) is 3.83. The summed E-state index contributed by atoms with van der Waals surface area (Å²) in [4.78, 5) is 2.18. The largest absolute Gasteiger partial charge is 0.463 e. The van der Waals surface area contributed by atoms with E-state index in [1.165, 1.54) is 5.69 Å². The molecule has 0 amide bonds. The van der Waals surface area contributed by atoms with Gasteiger partial charge >= 0.3 is 0 Å². The van der Waals surface area contributed by atoms with Crippen LogP contribution in [0.2, 0.25) is 0 Å². The Morgan fingerprint density at radius 2 is 1.84 bits per heavy atom. The Kier molecular flexibility index (Phi) is 5.36. The number of benzene rings is 1. The minimum Gasteiger partial charge on any atom is -0.463 e. The molecule has 1 aromatic heterocycles. The van der Waals surface area contributed by atoms with Crippen molar-refractivity contribution < 1.29 is 4.42 Å². The van der Waals surface area contributed by atoms with Crippen LogP contribution in [0.1, 0.15) is 11.5 Å². The molecule has 0 fully saturated rings. The third kappa shape index (κ3) is 4.33. The van der Waals surface area contributed by atoms with Gasteiger partial charge in [0.25, 0.3) is 0 Å². The molecule has 102 valence electrons. The van der Waals surface area contributed by atoms with Crippen molar-refractivity contribution >= 4 is 17.4 Å². The van der Waals surface area contributed by atoms with E-state index in [0.29, 0.717) is 0 Å². The van der Waals surface area contributed by atoms with Gasteiger partial charge in [-0.1, -0.05) is 18.2 Å². The molecule has 0 atom stereocenters. The van der Waals surface area contributed by atoms with Gasteiger partial charge in [0, 0.05) is 25.0 Å². The summed E-state index contributed by atoms with van der Waals surface area (Å²) in [5.74, 6) is 3.89. The van der Waals surface area contributed by atoms with Gasteiger partial charge in [-0.25, -0.2) is 0 Å². The van der Waals surface area contributed by atoms with Gasteiger partial charge < -0.3 is 15.1 Å². The maximum Gasteiger partial charge on any atom is 0.123 e. The summed E-state index contributed by atoms with van der Waals surface area (Å²) < 4.78 is 5.82. The molecule has 0 saturated carbocycles. The molecule has 0 spiro atoms. The number of rotatable bonds is 7. The summed E-state index contributed by atoms with van der Waals surface area (Å²) in [5.41, 5.74) is 6.66. The van der Waals surface area contributed by atoms with Crippen LogP contribution in [0.3, 0.4) is 0 Å². The van der Waals surface area contributed by atoms with E-state index in [1.54, 1.807) is 11.8 Å². The molecule has 2 N–H and O–H groups in total. The molecular weight excluding hydrogens is 256 g/mol. The Hall–Kier alpha value is -1.39. The first-order valence-corrected chi connectivity index (χ1v) is 7.56. The van der Waals surface area contributed by atoms with E-state index >= 15 is 0 Å². The Morgan fingerprint density at radius 3 is 2.58 bits per heavy atom. The molecule has 0 radical (unpaired) electrons. The number of hydrogen-bond donors (Lipinski definition) is 1. The number of thioether (sulfide) groups is 1. The molecule has 3 nitrogen and oxygen atoms in total. The zero-order chi connectivity index (χ0) is 13.5. The van der Waals surface area contributed by atoms with Crippen molar-refractivity contribution in [1.82, 2.24) is 0 Å². The van der Waals surface area contributed by atoms with Crippen LogP contribution >= 0.6 is 11.8 Å². The monoisotopic (exact) mass is 276 g/mol. The number of para-hydroxylation sites is 1. The topological polar surface area (TPSA) is 42.4 Å². The first-order valence-electron chi connectivity index (χ1n) is 6.41. The lowest BCUT2D eigenvalue weighted by Crippen LogP contribution is -2.15. The van der Waals surface area contributed by atoms with Crippen molar-refractivity contribution in [3.63, 3.8) is 0 Å². The van der Waals surface area contributed by atoms with E-state index in [2.05, 4.69) is 36.2 Å². The molecule has 0 aliphatic rings. The average Bonchev–Trinajstić information content (AvgIpc) is 2.88. The fourth-order valence-electron chi connectivity index (χ4n) is 1.85. The van der Waals surface area contributed by atoms with Crippen LogP contribution in [0.15, 0.2) is 46.9 Å². The Labute approximate surface area is 118 Å². The lowest BCUT2D eigenvalue weighted by Gasteiger charge is -2.17. The van der Waals surface area contributed by atoms with Gasteiger partial charge in [0.1, 0.15) is 11.5 Å². The molecule has 0 aliphatic heterocycles. The zero-order valence-corrected chi connectivity index (χ0v) is 12.0. The lowest BCUT2D eigenvalue weighted by molar-refractivity contribution is 0.479. The maximum absolute atomic E-state index is 5.82. The predicted molar refractivity (Wildman–Crippen MR) is 82.5 cm³/mol. The van der Waals surface area contributed by atoms with E-state index < -0.39 is 0 Å². The van der Waals surface area contributed by atoms with Crippen molar-refractivity contribution in [2.24, 2.45) is 5.73 Å². The lowest BCUT2D eigenvalue weighted by atomic mass is 10.3. The van der Waals surface area contributed by atoms with Gasteiger partial charge in [0.2, 0.25) is 0 Å². The summed E-state index contributed by atoms with van der Waals surface area (Å²) in [6.07, 6.45) is 0. The highest BCUT2D eigenvalue weighted by Crippen LogP contribution is 2.18. The summed E-state index contributed by atoms with van der Waals surface area (Å²) in [6.45, 7) is 1.50. The fraction of sp³-hybridized carbons (Fsp3) is 0.333. The van der Waals surface area contributed by atoms with Crippen LogP contribution < -0.4 is 10.6 Å². The van der Waals surface area contributed by atoms with Crippen molar-refractivity contribution in [2.45, 2.75) is 12.3 Å². The number of anilines is 1. The summed E-state index contributed by atoms with van der Waals surface area (Å²) in [5, 5.41) is 0. The molecule has 2 aromatic rings. The van der Waals surface area contributed by atoms with Gasteiger partial charge in [-0.3, -0.25) is 0 Å². The second kappa shape index (κ2) is 7.26. The minimum atomic E-state index is 0.717.